The van der Waals surface area contributed by atoms with Crippen LogP contribution in [0.5, 0.6) is 11.5 Å². The van der Waals surface area contributed by atoms with Gasteiger partial charge in [-0.15, -0.1) is 0 Å². The fourth-order valence-corrected chi connectivity index (χ4v) is 3.06. The van der Waals surface area contributed by atoms with Crippen molar-refractivity contribution in [3.8, 4) is 11.5 Å². The SMILES string of the molecule is CN(Cc1ccsc1)C(=O)COC(=O)c1ccccc1Oc1ccccc1. The molecule has 0 saturated heterocycles. The molecule has 1 amide bonds. The number of nitrogens with zero attached hydrogens (tertiary/aromatic N) is 1. The summed E-state index contributed by atoms with van der Waals surface area (Å²) in [4.78, 5) is 26.2. The third-order valence-corrected chi connectivity index (χ3v) is 4.56. The molecule has 0 N–H and O–H groups in total. The van der Waals surface area contributed by atoms with Crippen molar-refractivity contribution in [1.29, 1.82) is 0 Å². The van der Waals surface area contributed by atoms with Crippen LogP contribution in [0.15, 0.2) is 71.4 Å². The number of hydrogen-bond donors (Lipinski definition) is 0. The number of ether oxygens (including phenoxy) is 2. The van der Waals surface area contributed by atoms with Crippen LogP contribution in [0.1, 0.15) is 15.9 Å². The topological polar surface area (TPSA) is 55.8 Å². The Morgan fingerprint density at radius 2 is 1.74 bits per heavy atom. The number of esters is 1. The average molecular weight is 381 g/mol. The molecule has 0 atom stereocenters. The monoisotopic (exact) mass is 381 g/mol. The zero-order chi connectivity index (χ0) is 19.1. The van der Waals surface area contributed by atoms with Crippen molar-refractivity contribution in [2.24, 2.45) is 0 Å². The fourth-order valence-electron chi connectivity index (χ4n) is 2.40. The summed E-state index contributed by atoms with van der Waals surface area (Å²) in [5.41, 5.74) is 1.32. The van der Waals surface area contributed by atoms with Crippen molar-refractivity contribution < 1.29 is 19.1 Å². The number of thiophene rings is 1. The highest BCUT2D eigenvalue weighted by Gasteiger charge is 2.17. The molecule has 0 unspecified atom stereocenters. The lowest BCUT2D eigenvalue weighted by atomic mass is 10.2. The molecule has 138 valence electrons. The van der Waals surface area contributed by atoms with Gasteiger partial charge in [0, 0.05) is 13.6 Å². The van der Waals surface area contributed by atoms with Gasteiger partial charge in [0.1, 0.15) is 17.1 Å². The maximum atomic E-state index is 12.4. The van der Waals surface area contributed by atoms with Crippen molar-refractivity contribution in [3.05, 3.63) is 82.6 Å². The van der Waals surface area contributed by atoms with Crippen LogP contribution >= 0.6 is 11.3 Å². The van der Waals surface area contributed by atoms with E-state index in [-0.39, 0.29) is 18.1 Å². The molecule has 0 aliphatic carbocycles. The molecule has 0 aliphatic rings. The number of likely N-dealkylation sites (N-methyl/N-ethyl adjacent to an activating group) is 1. The summed E-state index contributed by atoms with van der Waals surface area (Å²) in [5.74, 6) is 0.131. The molecule has 5 nitrogen and oxygen atoms in total. The molecule has 0 fully saturated rings. The first-order chi connectivity index (χ1) is 13.1. The Labute approximate surface area is 161 Å². The summed E-state index contributed by atoms with van der Waals surface area (Å²) in [7, 11) is 1.68. The van der Waals surface area contributed by atoms with Crippen LogP contribution in [0.2, 0.25) is 0 Å². The average Bonchev–Trinajstić information content (AvgIpc) is 3.20. The first-order valence-electron chi connectivity index (χ1n) is 8.37. The number of carbonyl (C=O) groups excluding carboxylic acids is 2. The van der Waals surface area contributed by atoms with Crippen molar-refractivity contribution in [2.45, 2.75) is 6.54 Å². The lowest BCUT2D eigenvalue weighted by Gasteiger charge is -2.16. The van der Waals surface area contributed by atoms with Crippen molar-refractivity contribution in [1.82, 2.24) is 4.90 Å². The number of amides is 1. The Kier molecular flexibility index (Phi) is 6.22. The van der Waals surface area contributed by atoms with Gasteiger partial charge in [-0.25, -0.2) is 4.79 Å². The van der Waals surface area contributed by atoms with Gasteiger partial charge >= 0.3 is 5.97 Å². The molecule has 0 bridgehead atoms. The minimum absolute atomic E-state index is 0.268. The maximum absolute atomic E-state index is 12.4. The molecular formula is C21H19NO4S. The Balaban J connectivity index is 1.60. The quantitative estimate of drug-likeness (QED) is 0.571. The van der Waals surface area contributed by atoms with E-state index in [9.17, 15) is 9.59 Å². The van der Waals surface area contributed by atoms with Crippen LogP contribution in [0.25, 0.3) is 0 Å². The van der Waals surface area contributed by atoms with Crippen molar-refractivity contribution >= 4 is 23.2 Å². The van der Waals surface area contributed by atoms with Gasteiger partial charge in [0.05, 0.1) is 0 Å². The minimum atomic E-state index is -0.598. The van der Waals surface area contributed by atoms with E-state index in [2.05, 4.69) is 0 Å². The van der Waals surface area contributed by atoms with E-state index < -0.39 is 5.97 Å². The molecule has 3 rings (SSSR count). The van der Waals surface area contributed by atoms with Crippen molar-refractivity contribution in [2.75, 3.05) is 13.7 Å². The Hall–Kier alpha value is -3.12. The van der Waals surface area contributed by atoms with Crippen LogP contribution in [0.3, 0.4) is 0 Å². The van der Waals surface area contributed by atoms with Crippen molar-refractivity contribution in [3.63, 3.8) is 0 Å². The lowest BCUT2D eigenvalue weighted by Crippen LogP contribution is -2.30. The Bertz CT molecular complexity index is 894. The summed E-state index contributed by atoms with van der Waals surface area (Å²) in [6.45, 7) is 0.159. The molecule has 6 heteroatoms. The summed E-state index contributed by atoms with van der Waals surface area (Å²) >= 11 is 1.57. The molecule has 2 aromatic carbocycles. The second kappa shape index (κ2) is 9.00. The fraction of sp³-hybridized carbons (Fsp3) is 0.143. The summed E-state index contributed by atoms with van der Waals surface area (Å²) in [5, 5.41) is 3.93. The van der Waals surface area contributed by atoms with Gasteiger partial charge in [-0.1, -0.05) is 30.3 Å². The van der Waals surface area contributed by atoms with E-state index >= 15 is 0 Å². The first kappa shape index (κ1) is 18.7. The van der Waals surface area contributed by atoms with Gasteiger partial charge in [-0.3, -0.25) is 4.79 Å². The van der Waals surface area contributed by atoms with E-state index in [1.165, 1.54) is 4.90 Å². The molecule has 1 aromatic heterocycles. The smallest absolute Gasteiger partial charge is 0.342 e. The number of para-hydroxylation sites is 2. The van der Waals surface area contributed by atoms with Gasteiger partial charge in [0.25, 0.3) is 5.91 Å². The minimum Gasteiger partial charge on any atom is -0.456 e. The molecule has 0 radical (unpaired) electrons. The van der Waals surface area contributed by atoms with E-state index in [0.717, 1.165) is 5.56 Å². The second-order valence-electron chi connectivity index (χ2n) is 5.87. The number of rotatable bonds is 7. The highest BCUT2D eigenvalue weighted by molar-refractivity contribution is 7.07. The highest BCUT2D eigenvalue weighted by atomic mass is 32.1. The number of hydrogen-bond acceptors (Lipinski definition) is 5. The maximum Gasteiger partial charge on any atom is 0.342 e. The molecular weight excluding hydrogens is 362 g/mol. The predicted molar refractivity (Wildman–Crippen MR) is 104 cm³/mol. The molecule has 0 saturated carbocycles. The van der Waals surface area contributed by atoms with Gasteiger partial charge in [0.15, 0.2) is 6.61 Å². The van der Waals surface area contributed by atoms with E-state index in [1.54, 1.807) is 54.8 Å². The predicted octanol–water partition coefficient (Wildman–Crippen LogP) is 4.36. The van der Waals surface area contributed by atoms with Crippen LogP contribution in [0, 0.1) is 0 Å². The van der Waals surface area contributed by atoms with Crippen LogP contribution < -0.4 is 4.74 Å². The standard InChI is InChI=1S/C21H19NO4S/c1-22(13-16-11-12-27-15-16)20(23)14-25-21(24)18-9-5-6-10-19(18)26-17-7-3-2-4-8-17/h2-12,15H,13-14H2,1H3. The van der Waals surface area contributed by atoms with Gasteiger partial charge in [0.2, 0.25) is 0 Å². The zero-order valence-corrected chi connectivity index (χ0v) is 15.6. The second-order valence-corrected chi connectivity index (χ2v) is 6.65. The van der Waals surface area contributed by atoms with E-state index in [4.69, 9.17) is 9.47 Å². The van der Waals surface area contributed by atoms with Crippen LogP contribution in [0.4, 0.5) is 0 Å². The third kappa shape index (κ3) is 5.18. The normalized spacial score (nSPS) is 10.3. The molecule has 27 heavy (non-hydrogen) atoms. The van der Waals surface area contributed by atoms with Gasteiger partial charge in [-0.2, -0.15) is 11.3 Å². The van der Waals surface area contributed by atoms with Gasteiger partial charge in [-0.05, 0) is 46.7 Å². The largest absolute Gasteiger partial charge is 0.456 e. The van der Waals surface area contributed by atoms with Crippen LogP contribution in [-0.4, -0.2) is 30.4 Å². The Morgan fingerprint density at radius 1 is 1.00 bits per heavy atom. The molecule has 3 aromatic rings. The summed E-state index contributed by atoms with van der Waals surface area (Å²) < 4.78 is 11.0. The third-order valence-electron chi connectivity index (χ3n) is 3.83. The molecule has 0 aliphatic heterocycles. The lowest BCUT2D eigenvalue weighted by molar-refractivity contribution is -0.133. The summed E-state index contributed by atoms with van der Waals surface area (Å²) in [6.07, 6.45) is 0. The molecule has 1 heterocycles. The van der Waals surface area contributed by atoms with Gasteiger partial charge < -0.3 is 14.4 Å². The highest BCUT2D eigenvalue weighted by Crippen LogP contribution is 2.25. The first-order valence-corrected chi connectivity index (χ1v) is 9.32. The van der Waals surface area contributed by atoms with Crippen LogP contribution in [-0.2, 0) is 16.1 Å². The zero-order valence-electron chi connectivity index (χ0n) is 14.8. The number of carbonyl (C=O) groups is 2. The Morgan fingerprint density at radius 3 is 2.48 bits per heavy atom. The molecule has 0 spiro atoms. The van der Waals surface area contributed by atoms with E-state index in [0.29, 0.717) is 18.0 Å². The summed E-state index contributed by atoms with van der Waals surface area (Å²) in [6, 6.07) is 17.9. The van der Waals surface area contributed by atoms with E-state index in [1.807, 2.05) is 35.0 Å². The number of benzene rings is 2.